The molecule has 2 heterocycles. The number of hydrogen-bond donors (Lipinski definition) is 1. The van der Waals surface area contributed by atoms with Crippen LogP contribution >= 0.6 is 0 Å². The van der Waals surface area contributed by atoms with Gasteiger partial charge >= 0.3 is 0 Å². The van der Waals surface area contributed by atoms with E-state index in [1.807, 2.05) is 24.3 Å². The zero-order valence-electron chi connectivity index (χ0n) is 11.2. The lowest BCUT2D eigenvalue weighted by Gasteiger charge is -2.23. The highest BCUT2D eigenvalue weighted by molar-refractivity contribution is 7.91. The molecule has 2 aliphatic rings. The lowest BCUT2D eigenvalue weighted by atomic mass is 10.1. The second-order valence-corrected chi connectivity index (χ2v) is 7.69. The minimum absolute atomic E-state index is 0.0123. The predicted octanol–water partition coefficient (Wildman–Crippen LogP) is 0.670. The summed E-state index contributed by atoms with van der Waals surface area (Å²) in [5, 5.41) is 3.23. The van der Waals surface area contributed by atoms with Gasteiger partial charge in [0.25, 0.3) is 0 Å². The number of para-hydroxylation sites is 1. The molecule has 1 aromatic rings. The number of nitrogens with one attached hydrogen (secondary N) is 1. The second kappa shape index (κ2) is 5.09. The van der Waals surface area contributed by atoms with Crippen molar-refractivity contribution in [1.82, 2.24) is 4.90 Å². The minimum Gasteiger partial charge on any atom is -0.373 e. The number of fused-ring (bicyclic) bond motifs is 1. The molecule has 3 rings (SSSR count). The Morgan fingerprint density at radius 3 is 2.80 bits per heavy atom. The molecule has 108 valence electrons. The number of benzene rings is 1. The lowest BCUT2D eigenvalue weighted by Crippen LogP contribution is -2.43. The van der Waals surface area contributed by atoms with E-state index in [1.54, 1.807) is 4.90 Å². The predicted molar refractivity (Wildman–Crippen MR) is 77.4 cm³/mol. The minimum atomic E-state index is -2.98. The first-order valence-electron chi connectivity index (χ1n) is 6.89. The summed E-state index contributed by atoms with van der Waals surface area (Å²) in [5.41, 5.74) is 2.15. The molecule has 1 fully saturated rings. The van der Waals surface area contributed by atoms with Crippen LogP contribution in [0.5, 0.6) is 0 Å². The van der Waals surface area contributed by atoms with Gasteiger partial charge < -0.3 is 10.2 Å². The van der Waals surface area contributed by atoms with E-state index in [4.69, 9.17) is 0 Å². The standard InChI is InChI=1S/C14H18N2O3S/c17-14(16-6-3-8-20(18,19)9-7-16)13-10-11-4-1-2-5-12(11)15-13/h1-2,4-5,13,15H,3,6-10H2/t13-/m0/s1. The highest BCUT2D eigenvalue weighted by atomic mass is 32.2. The summed E-state index contributed by atoms with van der Waals surface area (Å²) in [7, 11) is -2.98. The number of anilines is 1. The Morgan fingerprint density at radius 2 is 2.00 bits per heavy atom. The Bertz CT molecular complexity index is 602. The Morgan fingerprint density at radius 1 is 1.20 bits per heavy atom. The van der Waals surface area contributed by atoms with Gasteiger partial charge in [-0.1, -0.05) is 18.2 Å². The number of amides is 1. The number of rotatable bonds is 1. The summed E-state index contributed by atoms with van der Waals surface area (Å²) in [4.78, 5) is 14.2. The zero-order chi connectivity index (χ0) is 14.2. The third-order valence-electron chi connectivity index (χ3n) is 3.94. The Hall–Kier alpha value is -1.56. The van der Waals surface area contributed by atoms with Crippen molar-refractivity contribution in [2.45, 2.75) is 18.9 Å². The lowest BCUT2D eigenvalue weighted by molar-refractivity contribution is -0.131. The molecule has 0 aromatic heterocycles. The third kappa shape index (κ3) is 2.65. The average Bonchev–Trinajstić information content (AvgIpc) is 2.77. The molecule has 2 aliphatic heterocycles. The third-order valence-corrected chi connectivity index (χ3v) is 5.65. The Kier molecular flexibility index (Phi) is 3.41. The van der Waals surface area contributed by atoms with Gasteiger partial charge in [0.2, 0.25) is 5.91 Å². The SMILES string of the molecule is O=C([C@@H]1Cc2ccccc2N1)N1CCCS(=O)(=O)CC1. The van der Waals surface area contributed by atoms with E-state index in [2.05, 4.69) is 5.32 Å². The van der Waals surface area contributed by atoms with Crippen LogP contribution in [0, 0.1) is 0 Å². The van der Waals surface area contributed by atoms with Crippen molar-refractivity contribution in [2.24, 2.45) is 0 Å². The fraction of sp³-hybridized carbons (Fsp3) is 0.500. The normalized spacial score (nSPS) is 24.6. The van der Waals surface area contributed by atoms with E-state index in [0.29, 0.717) is 25.9 Å². The van der Waals surface area contributed by atoms with Crippen molar-refractivity contribution >= 4 is 21.4 Å². The van der Waals surface area contributed by atoms with Gasteiger partial charge in [-0.15, -0.1) is 0 Å². The van der Waals surface area contributed by atoms with Crippen LogP contribution in [0.3, 0.4) is 0 Å². The highest BCUT2D eigenvalue weighted by Crippen LogP contribution is 2.26. The summed E-state index contributed by atoms with van der Waals surface area (Å²) in [5.74, 6) is 0.284. The summed E-state index contributed by atoms with van der Waals surface area (Å²) in [6.07, 6.45) is 1.21. The molecule has 0 aliphatic carbocycles. The van der Waals surface area contributed by atoms with E-state index in [0.717, 1.165) is 11.3 Å². The molecule has 5 nitrogen and oxygen atoms in total. The van der Waals surface area contributed by atoms with E-state index in [9.17, 15) is 13.2 Å². The number of carbonyl (C=O) groups excluding carboxylic acids is 1. The van der Waals surface area contributed by atoms with Crippen molar-refractivity contribution in [2.75, 3.05) is 29.9 Å². The van der Waals surface area contributed by atoms with Gasteiger partial charge in [0.05, 0.1) is 11.5 Å². The molecular weight excluding hydrogens is 276 g/mol. The van der Waals surface area contributed by atoms with Gasteiger partial charge in [0.1, 0.15) is 6.04 Å². The van der Waals surface area contributed by atoms with E-state index in [-0.39, 0.29) is 23.5 Å². The smallest absolute Gasteiger partial charge is 0.245 e. The molecule has 0 saturated carbocycles. The molecule has 1 aromatic carbocycles. The fourth-order valence-electron chi connectivity index (χ4n) is 2.83. The topological polar surface area (TPSA) is 66.5 Å². The second-order valence-electron chi connectivity index (χ2n) is 5.39. The maximum atomic E-state index is 12.5. The highest BCUT2D eigenvalue weighted by Gasteiger charge is 2.31. The summed E-state index contributed by atoms with van der Waals surface area (Å²) >= 11 is 0. The largest absolute Gasteiger partial charge is 0.373 e. The maximum Gasteiger partial charge on any atom is 0.245 e. The first-order chi connectivity index (χ1) is 9.55. The quantitative estimate of drug-likeness (QED) is 0.827. The van der Waals surface area contributed by atoms with Crippen LogP contribution < -0.4 is 5.32 Å². The van der Waals surface area contributed by atoms with Crippen molar-refractivity contribution in [3.05, 3.63) is 29.8 Å². The van der Waals surface area contributed by atoms with Crippen LogP contribution in [0.1, 0.15) is 12.0 Å². The molecule has 0 bridgehead atoms. The van der Waals surface area contributed by atoms with Gasteiger partial charge in [0, 0.05) is 25.2 Å². The summed E-state index contributed by atoms with van der Waals surface area (Å²) < 4.78 is 23.2. The molecule has 1 saturated heterocycles. The number of hydrogen-bond acceptors (Lipinski definition) is 4. The van der Waals surface area contributed by atoms with E-state index >= 15 is 0 Å². The maximum absolute atomic E-state index is 12.5. The fourth-order valence-corrected chi connectivity index (χ4v) is 4.10. The van der Waals surface area contributed by atoms with E-state index < -0.39 is 9.84 Å². The molecule has 6 heteroatoms. The first-order valence-corrected chi connectivity index (χ1v) is 8.71. The van der Waals surface area contributed by atoms with Crippen LogP contribution in [-0.4, -0.2) is 49.9 Å². The van der Waals surface area contributed by atoms with E-state index in [1.165, 1.54) is 0 Å². The van der Waals surface area contributed by atoms with Gasteiger partial charge in [-0.25, -0.2) is 8.42 Å². The number of nitrogens with zero attached hydrogens (tertiary/aromatic N) is 1. The van der Waals surface area contributed by atoms with Crippen LogP contribution in [0.25, 0.3) is 0 Å². The number of sulfone groups is 1. The first kappa shape index (κ1) is 13.4. The summed E-state index contributed by atoms with van der Waals surface area (Å²) in [6, 6.07) is 7.63. The molecule has 0 unspecified atom stereocenters. The van der Waals surface area contributed by atoms with Crippen molar-refractivity contribution in [3.63, 3.8) is 0 Å². The molecule has 1 N–H and O–H groups in total. The average molecular weight is 294 g/mol. The van der Waals surface area contributed by atoms with Crippen LogP contribution in [0.2, 0.25) is 0 Å². The molecule has 1 amide bonds. The molecule has 1 atom stereocenters. The summed E-state index contributed by atoms with van der Waals surface area (Å²) in [6.45, 7) is 0.849. The molecule has 0 radical (unpaired) electrons. The monoisotopic (exact) mass is 294 g/mol. The van der Waals surface area contributed by atoms with Gasteiger partial charge in [-0.3, -0.25) is 4.79 Å². The van der Waals surface area contributed by atoms with Crippen LogP contribution in [0.15, 0.2) is 24.3 Å². The van der Waals surface area contributed by atoms with Gasteiger partial charge in [0.15, 0.2) is 9.84 Å². The van der Waals surface area contributed by atoms with Crippen LogP contribution in [0.4, 0.5) is 5.69 Å². The zero-order valence-corrected chi connectivity index (χ0v) is 12.0. The Labute approximate surface area is 118 Å². The number of carbonyl (C=O) groups is 1. The molecular formula is C14H18N2O3S. The Balaban J connectivity index is 1.69. The van der Waals surface area contributed by atoms with Crippen molar-refractivity contribution in [1.29, 1.82) is 0 Å². The van der Waals surface area contributed by atoms with Crippen molar-refractivity contribution < 1.29 is 13.2 Å². The van der Waals surface area contributed by atoms with Crippen LogP contribution in [-0.2, 0) is 21.1 Å². The van der Waals surface area contributed by atoms with Gasteiger partial charge in [-0.05, 0) is 18.1 Å². The molecule has 0 spiro atoms. The van der Waals surface area contributed by atoms with Crippen molar-refractivity contribution in [3.8, 4) is 0 Å². The molecule has 20 heavy (non-hydrogen) atoms. The van der Waals surface area contributed by atoms with Gasteiger partial charge in [-0.2, -0.15) is 0 Å².